The van der Waals surface area contributed by atoms with Crippen LogP contribution in [0.5, 0.6) is 0 Å². The summed E-state index contributed by atoms with van der Waals surface area (Å²) in [5.41, 5.74) is 0. The summed E-state index contributed by atoms with van der Waals surface area (Å²) in [5.74, 6) is -3.37. The number of Topliss-reactive ketones (excluding diaryl/α,β-unsaturated/α-hetero) is 2. The van der Waals surface area contributed by atoms with E-state index in [-0.39, 0.29) is 11.6 Å². The van der Waals surface area contributed by atoms with Crippen molar-refractivity contribution in [2.75, 3.05) is 6.61 Å². The van der Waals surface area contributed by atoms with Crippen LogP contribution in [0.1, 0.15) is 60.3 Å². The molecule has 0 atom stereocenters. The molecule has 138 valence electrons. The van der Waals surface area contributed by atoms with Crippen molar-refractivity contribution >= 4 is 23.5 Å². The molecule has 0 bridgehead atoms. The van der Waals surface area contributed by atoms with Gasteiger partial charge in [0.15, 0.2) is 0 Å². The van der Waals surface area contributed by atoms with Crippen LogP contribution in [0.25, 0.3) is 0 Å². The number of unbranched alkanes of at least 4 members (excludes halogenated alkanes) is 1. The zero-order valence-electron chi connectivity index (χ0n) is 14.9. The van der Waals surface area contributed by atoms with E-state index in [4.69, 9.17) is 6.64 Å². The van der Waals surface area contributed by atoms with E-state index in [1.807, 2.05) is 13.8 Å². The third-order valence-corrected chi connectivity index (χ3v) is 3.12. The van der Waals surface area contributed by atoms with Crippen molar-refractivity contribution in [3.63, 3.8) is 0 Å². The van der Waals surface area contributed by atoms with E-state index in [9.17, 15) is 29.4 Å². The van der Waals surface area contributed by atoms with Gasteiger partial charge in [0.2, 0.25) is 0 Å². The molecule has 0 spiro atoms. The molecule has 0 saturated carbocycles. The zero-order valence-corrected chi connectivity index (χ0v) is 16.4. The van der Waals surface area contributed by atoms with E-state index >= 15 is 0 Å². The van der Waals surface area contributed by atoms with Gasteiger partial charge in [-0.1, -0.05) is 0 Å². The molecule has 0 amide bonds. The number of hydrogen-bond donors (Lipinski definition) is 0. The Labute approximate surface area is 152 Å². The van der Waals surface area contributed by atoms with E-state index in [1.54, 1.807) is 0 Å². The summed E-state index contributed by atoms with van der Waals surface area (Å²) in [6, 6.07) is 0. The van der Waals surface area contributed by atoms with Gasteiger partial charge in [-0.3, -0.25) is 9.59 Å². The molecule has 0 aliphatic carbocycles. The average molecular weight is 382 g/mol. The summed E-state index contributed by atoms with van der Waals surface area (Å²) in [6.45, 7) is 9.51. The Morgan fingerprint density at radius 3 is 1.58 bits per heavy atom. The molecule has 0 aliphatic rings. The molecular formula is C15H26O8Ti. The SMILES string of the molecule is CC(=O)CC(=O)[O-].CC(=O)CC(=O)[O-].CCCC[O][Ti+2][O]C(C)C. The summed E-state index contributed by atoms with van der Waals surface area (Å²) < 4.78 is 10.6. The van der Waals surface area contributed by atoms with Gasteiger partial charge < -0.3 is 19.8 Å². The van der Waals surface area contributed by atoms with Gasteiger partial charge >= 0.3 is 72.9 Å². The van der Waals surface area contributed by atoms with Gasteiger partial charge in [-0.25, -0.2) is 0 Å². The molecule has 24 heavy (non-hydrogen) atoms. The predicted molar refractivity (Wildman–Crippen MR) is 77.7 cm³/mol. The standard InChI is InChI=1S/2C4H6O3.C4H9O.C3H7O.Ti/c2*1-3(5)2-4(6)7;1-2-3-4-5;1-3(2)4;/h2*2H2,1H3,(H,6,7);2-4H2,1H3;3H,1-2H3;/q;;2*-1;+4/p-2. The van der Waals surface area contributed by atoms with Crippen LogP contribution in [-0.4, -0.2) is 36.2 Å². The molecule has 0 radical (unpaired) electrons. The minimum absolute atomic E-state index is 0.335. The van der Waals surface area contributed by atoms with Crippen molar-refractivity contribution in [2.24, 2.45) is 0 Å². The molecule has 0 N–H and O–H groups in total. The Hall–Kier alpha value is -1.09. The topological polar surface area (TPSA) is 133 Å². The number of aliphatic carboxylic acids is 2. The van der Waals surface area contributed by atoms with Gasteiger partial charge in [-0.05, 0) is 13.8 Å². The van der Waals surface area contributed by atoms with Crippen molar-refractivity contribution < 1.29 is 56.0 Å². The quantitative estimate of drug-likeness (QED) is 0.282. The second-order valence-corrected chi connectivity index (χ2v) is 6.03. The summed E-state index contributed by atoms with van der Waals surface area (Å²) in [6.07, 6.45) is 1.75. The first-order chi connectivity index (χ1) is 11.0. The van der Waals surface area contributed by atoms with Crippen molar-refractivity contribution in [1.82, 2.24) is 0 Å². The van der Waals surface area contributed by atoms with Crippen LogP contribution in [0.15, 0.2) is 0 Å². The third kappa shape index (κ3) is 42.8. The van der Waals surface area contributed by atoms with E-state index < -0.39 is 44.7 Å². The van der Waals surface area contributed by atoms with Gasteiger partial charge in [0.05, 0.1) is 0 Å². The van der Waals surface area contributed by atoms with Gasteiger partial charge in [-0.2, -0.15) is 0 Å². The molecule has 0 aromatic carbocycles. The predicted octanol–water partition coefficient (Wildman–Crippen LogP) is -0.429. The first-order valence-corrected chi connectivity index (χ1v) is 8.71. The average Bonchev–Trinajstić information content (AvgIpc) is 2.36. The fourth-order valence-electron chi connectivity index (χ4n) is 0.795. The number of carbonyl (C=O) groups excluding carboxylic acids is 4. The molecule has 0 unspecified atom stereocenters. The molecule has 8 nitrogen and oxygen atoms in total. The first-order valence-electron chi connectivity index (χ1n) is 7.43. The zero-order chi connectivity index (χ0) is 19.5. The molecular weight excluding hydrogens is 356 g/mol. The third-order valence-electron chi connectivity index (χ3n) is 1.73. The van der Waals surface area contributed by atoms with Gasteiger partial charge in [0.25, 0.3) is 0 Å². The van der Waals surface area contributed by atoms with Gasteiger partial charge in [0, 0.05) is 24.8 Å². The van der Waals surface area contributed by atoms with Crippen LogP contribution in [0, 0.1) is 0 Å². The Morgan fingerprint density at radius 2 is 1.38 bits per heavy atom. The Kier molecular flexibility index (Phi) is 23.1. The van der Waals surface area contributed by atoms with Gasteiger partial charge in [-0.15, -0.1) is 0 Å². The van der Waals surface area contributed by atoms with Crippen LogP contribution < -0.4 is 10.2 Å². The first kappa shape index (κ1) is 27.7. The number of carboxylic acid groups (broad SMARTS) is 2. The summed E-state index contributed by atoms with van der Waals surface area (Å²) in [7, 11) is 0. The van der Waals surface area contributed by atoms with Crippen LogP contribution in [0.3, 0.4) is 0 Å². The summed E-state index contributed by atoms with van der Waals surface area (Å²) >= 11 is -0.547. The summed E-state index contributed by atoms with van der Waals surface area (Å²) in [5, 5.41) is 19.0. The Balaban J connectivity index is -0.000000283. The van der Waals surface area contributed by atoms with Crippen molar-refractivity contribution in [1.29, 1.82) is 0 Å². The van der Waals surface area contributed by atoms with Crippen molar-refractivity contribution in [2.45, 2.75) is 66.4 Å². The second-order valence-electron chi connectivity index (χ2n) is 4.95. The van der Waals surface area contributed by atoms with Gasteiger partial charge in [0.1, 0.15) is 11.6 Å². The normalized spacial score (nSPS) is 8.92. The molecule has 9 heteroatoms. The number of hydrogen-bond acceptors (Lipinski definition) is 8. The molecule has 0 aromatic rings. The Bertz CT molecular complexity index is 318. The number of ketones is 2. The number of carboxylic acids is 2. The molecule has 0 aliphatic heterocycles. The second kappa shape index (κ2) is 20.0. The van der Waals surface area contributed by atoms with E-state index in [0.29, 0.717) is 6.10 Å². The Morgan fingerprint density at radius 1 is 0.958 bits per heavy atom. The molecule has 0 heterocycles. The van der Waals surface area contributed by atoms with E-state index in [2.05, 4.69) is 6.92 Å². The van der Waals surface area contributed by atoms with Crippen LogP contribution in [0.2, 0.25) is 0 Å². The maximum atomic E-state index is 9.83. The molecule has 0 saturated heterocycles. The number of carbonyl (C=O) groups is 4. The van der Waals surface area contributed by atoms with Crippen molar-refractivity contribution in [3.8, 4) is 0 Å². The molecule has 0 fully saturated rings. The monoisotopic (exact) mass is 382 g/mol. The van der Waals surface area contributed by atoms with Crippen molar-refractivity contribution in [3.05, 3.63) is 0 Å². The minimum atomic E-state index is -1.31. The fraction of sp³-hybridized carbons (Fsp3) is 0.733. The van der Waals surface area contributed by atoms with E-state index in [1.165, 1.54) is 20.3 Å². The van der Waals surface area contributed by atoms with Crippen LogP contribution in [-0.2, 0) is 45.7 Å². The van der Waals surface area contributed by atoms with E-state index in [0.717, 1.165) is 13.0 Å². The molecule has 0 rings (SSSR count). The van der Waals surface area contributed by atoms with Crippen LogP contribution >= 0.6 is 0 Å². The number of rotatable bonds is 10. The van der Waals surface area contributed by atoms with Crippen LogP contribution in [0.4, 0.5) is 0 Å². The summed E-state index contributed by atoms with van der Waals surface area (Å²) in [4.78, 5) is 38.6. The molecule has 0 aromatic heterocycles. The fourth-order valence-corrected chi connectivity index (χ4v) is 1.56. The maximum absolute atomic E-state index is 9.83.